The van der Waals surface area contributed by atoms with E-state index in [1.54, 1.807) is 25.1 Å². The molecule has 0 atom stereocenters. The lowest BCUT2D eigenvalue weighted by Gasteiger charge is -2.16. The normalized spacial score (nSPS) is 11.9. The van der Waals surface area contributed by atoms with Gasteiger partial charge in [0.2, 0.25) is 0 Å². The Kier molecular flexibility index (Phi) is 7.97. The van der Waals surface area contributed by atoms with E-state index in [1.807, 2.05) is 0 Å². The molecule has 17 heteroatoms. The molecule has 0 bridgehead atoms. The van der Waals surface area contributed by atoms with Crippen LogP contribution in [0, 0.1) is 12.7 Å². The van der Waals surface area contributed by atoms with Gasteiger partial charge in [-0.3, -0.25) is 9.82 Å². The first kappa shape index (κ1) is 31.0. The van der Waals surface area contributed by atoms with Crippen molar-refractivity contribution in [2.24, 2.45) is 0 Å². The molecule has 0 amide bonds. The minimum atomic E-state index is -4.76. The molecule has 0 saturated heterocycles. The van der Waals surface area contributed by atoms with Gasteiger partial charge < -0.3 is 20.6 Å². The molecule has 0 aliphatic heterocycles. The number of anilines is 2. The summed E-state index contributed by atoms with van der Waals surface area (Å²) in [4.78, 5) is 20.1. The number of phenolic OH excluding ortho intramolecular Hbond substituents is 2. The highest BCUT2D eigenvalue weighted by Gasteiger charge is 2.31. The van der Waals surface area contributed by atoms with Gasteiger partial charge >= 0.3 is 12.1 Å². The molecule has 0 aliphatic carbocycles. The monoisotopic (exact) mass is 646 g/mol. The molecule has 0 unspecified atom stereocenters. The van der Waals surface area contributed by atoms with Crippen molar-refractivity contribution in [1.29, 1.82) is 0 Å². The lowest BCUT2D eigenvalue weighted by atomic mass is 10.0. The third-order valence-corrected chi connectivity index (χ3v) is 8.12. The van der Waals surface area contributed by atoms with Crippen molar-refractivity contribution in [1.82, 2.24) is 20.2 Å². The highest BCUT2D eigenvalue weighted by atomic mass is 32.2. The third kappa shape index (κ3) is 6.57. The lowest BCUT2D eigenvalue weighted by Crippen LogP contribution is -2.16. The maximum absolute atomic E-state index is 14.4. The summed E-state index contributed by atoms with van der Waals surface area (Å²) in [6.07, 6.45) is -6.33. The highest BCUT2D eigenvalue weighted by Crippen LogP contribution is 2.35. The maximum Gasteiger partial charge on any atom is 0.393 e. The largest absolute Gasteiger partial charge is 0.508 e. The van der Waals surface area contributed by atoms with Crippen molar-refractivity contribution in [3.63, 3.8) is 0 Å². The number of hydrogen-bond donors (Lipinski definition) is 6. The van der Waals surface area contributed by atoms with Crippen LogP contribution < -0.4 is 10.0 Å². The van der Waals surface area contributed by atoms with E-state index in [2.05, 4.69) is 30.2 Å². The molecular formula is C28H22F4N6O6S. The minimum Gasteiger partial charge on any atom is -0.508 e. The Hall–Kier alpha value is -5.45. The molecule has 6 N–H and O–H groups in total. The number of nitrogens with zero attached hydrogens (tertiary/aromatic N) is 3. The molecule has 3 aromatic carbocycles. The Morgan fingerprint density at radius 1 is 1.02 bits per heavy atom. The summed E-state index contributed by atoms with van der Waals surface area (Å²) in [5.41, 5.74) is -1.14. The summed E-state index contributed by atoms with van der Waals surface area (Å²) < 4.78 is 83.1. The summed E-state index contributed by atoms with van der Waals surface area (Å²) in [7, 11) is -4.10. The van der Waals surface area contributed by atoms with Crippen LogP contribution in [-0.2, 0) is 23.0 Å². The number of aromatic carboxylic acids is 1. The number of alkyl halides is 3. The second kappa shape index (κ2) is 11.6. The number of sulfonamides is 1. The first-order valence-corrected chi connectivity index (χ1v) is 14.3. The van der Waals surface area contributed by atoms with Crippen LogP contribution in [0.25, 0.3) is 22.4 Å². The maximum atomic E-state index is 14.4. The molecule has 0 fully saturated rings. The summed E-state index contributed by atoms with van der Waals surface area (Å²) in [5.74, 6) is -4.77. The average molecular weight is 647 g/mol. The van der Waals surface area contributed by atoms with Crippen molar-refractivity contribution < 1.29 is 46.1 Å². The van der Waals surface area contributed by atoms with E-state index in [1.165, 1.54) is 24.3 Å². The standard InChI is InChI=1S/C28H22F4N6O6S/c1-13-4-2-3-5-21(13)45(43,44)38-19-7-6-16(39)8-15(19)12-33-25-22-23(27(41)42)36-37-26(22)35-24(34-25)17-10-18(29)20(40)9-14(17)11-28(30,31)32/h2-10,38-40H,11-12H2,1H3,(H,41,42)(H2,33,34,35,36,37). The molecule has 2 heterocycles. The Morgan fingerprint density at radius 2 is 1.76 bits per heavy atom. The molecule has 5 aromatic rings. The fraction of sp³-hybridized carbons (Fsp3) is 0.143. The zero-order valence-electron chi connectivity index (χ0n) is 22.9. The van der Waals surface area contributed by atoms with Crippen LogP contribution in [0.1, 0.15) is 27.2 Å². The topological polar surface area (TPSA) is 190 Å². The van der Waals surface area contributed by atoms with Gasteiger partial charge in [-0.05, 0) is 60.0 Å². The van der Waals surface area contributed by atoms with Gasteiger partial charge in [0, 0.05) is 12.1 Å². The van der Waals surface area contributed by atoms with E-state index in [0.717, 1.165) is 0 Å². The number of aromatic hydroxyl groups is 2. The third-order valence-electron chi connectivity index (χ3n) is 6.59. The van der Waals surface area contributed by atoms with Crippen LogP contribution in [0.4, 0.5) is 29.1 Å². The van der Waals surface area contributed by atoms with Gasteiger partial charge in [0.1, 0.15) is 11.6 Å². The molecule has 12 nitrogen and oxygen atoms in total. The Balaban J connectivity index is 1.59. The van der Waals surface area contributed by atoms with Crippen LogP contribution in [0.15, 0.2) is 59.5 Å². The highest BCUT2D eigenvalue weighted by molar-refractivity contribution is 7.92. The molecule has 0 spiro atoms. The second-order valence-corrected chi connectivity index (χ2v) is 11.5. The number of phenols is 2. The molecule has 2 aromatic heterocycles. The molecular weight excluding hydrogens is 624 g/mol. The van der Waals surface area contributed by atoms with Gasteiger partial charge in [0.05, 0.1) is 22.4 Å². The van der Waals surface area contributed by atoms with Crippen LogP contribution in [0.3, 0.4) is 0 Å². The summed E-state index contributed by atoms with van der Waals surface area (Å²) in [6.45, 7) is 1.30. The number of carboxylic acid groups (broad SMARTS) is 1. The van der Waals surface area contributed by atoms with Gasteiger partial charge in [-0.15, -0.1) is 0 Å². The van der Waals surface area contributed by atoms with Gasteiger partial charge in [0.25, 0.3) is 10.0 Å². The zero-order chi connectivity index (χ0) is 32.7. The summed E-state index contributed by atoms with van der Waals surface area (Å²) in [5, 5.41) is 38.3. The van der Waals surface area contributed by atoms with Gasteiger partial charge in [-0.25, -0.2) is 27.6 Å². The molecule has 0 saturated carbocycles. The number of nitrogens with one attached hydrogen (secondary N) is 3. The first-order chi connectivity index (χ1) is 21.1. The fourth-order valence-electron chi connectivity index (χ4n) is 4.57. The number of aryl methyl sites for hydroxylation is 1. The number of hydrogen-bond acceptors (Lipinski definition) is 9. The zero-order valence-corrected chi connectivity index (χ0v) is 23.8. The molecule has 0 aliphatic rings. The number of rotatable bonds is 9. The average Bonchev–Trinajstić information content (AvgIpc) is 3.39. The van der Waals surface area contributed by atoms with E-state index in [9.17, 15) is 46.1 Å². The quantitative estimate of drug-likeness (QED) is 0.0929. The fourth-order valence-corrected chi connectivity index (χ4v) is 5.91. The predicted octanol–water partition coefficient (Wildman–Crippen LogP) is 5.09. The number of carboxylic acids is 1. The number of H-pyrrole nitrogens is 1. The van der Waals surface area contributed by atoms with Gasteiger partial charge in [-0.1, -0.05) is 18.2 Å². The number of fused-ring (bicyclic) bond motifs is 1. The van der Waals surface area contributed by atoms with Crippen LogP contribution in [0.2, 0.25) is 0 Å². The smallest absolute Gasteiger partial charge is 0.393 e. The second-order valence-electron chi connectivity index (χ2n) is 9.82. The molecule has 5 rings (SSSR count). The van der Waals surface area contributed by atoms with Crippen LogP contribution in [0.5, 0.6) is 11.5 Å². The lowest BCUT2D eigenvalue weighted by molar-refractivity contribution is -0.127. The summed E-state index contributed by atoms with van der Waals surface area (Å²) >= 11 is 0. The van der Waals surface area contributed by atoms with Gasteiger partial charge in [0.15, 0.2) is 28.7 Å². The summed E-state index contributed by atoms with van der Waals surface area (Å²) in [6, 6.07) is 11.2. The van der Waals surface area contributed by atoms with Crippen LogP contribution >= 0.6 is 0 Å². The predicted molar refractivity (Wildman–Crippen MR) is 153 cm³/mol. The SMILES string of the molecule is Cc1ccccc1S(=O)(=O)Nc1ccc(O)cc1CNc1nc(-c2cc(F)c(O)cc2CC(F)(F)F)nc2n[nH]c(C(=O)O)c12. The number of aromatic amines is 1. The van der Waals surface area contributed by atoms with E-state index >= 15 is 0 Å². The van der Waals surface area contributed by atoms with Crippen molar-refractivity contribution in [2.75, 3.05) is 10.0 Å². The Labute approximate surface area is 251 Å². The van der Waals surface area contributed by atoms with E-state index in [4.69, 9.17) is 0 Å². The Bertz CT molecular complexity index is 2070. The van der Waals surface area contributed by atoms with E-state index in [-0.39, 0.29) is 45.3 Å². The van der Waals surface area contributed by atoms with Crippen molar-refractivity contribution in [3.8, 4) is 22.9 Å². The van der Waals surface area contributed by atoms with Crippen molar-refractivity contribution in [3.05, 3.63) is 82.8 Å². The first-order valence-electron chi connectivity index (χ1n) is 12.8. The van der Waals surface area contributed by atoms with Crippen molar-refractivity contribution >= 4 is 38.5 Å². The van der Waals surface area contributed by atoms with Gasteiger partial charge in [-0.2, -0.15) is 18.3 Å². The van der Waals surface area contributed by atoms with E-state index in [0.29, 0.717) is 17.7 Å². The number of carbonyl (C=O) groups is 1. The molecule has 0 radical (unpaired) electrons. The number of halogens is 4. The van der Waals surface area contributed by atoms with E-state index < -0.39 is 62.8 Å². The molecule has 45 heavy (non-hydrogen) atoms. The van der Waals surface area contributed by atoms with Crippen molar-refractivity contribution in [2.45, 2.75) is 31.0 Å². The number of benzene rings is 3. The molecule has 234 valence electrons. The minimum absolute atomic E-state index is 0.000534. The Morgan fingerprint density at radius 3 is 2.44 bits per heavy atom. The number of aromatic nitrogens is 4. The van der Waals surface area contributed by atoms with Crippen LogP contribution in [-0.4, -0.2) is 56.0 Å².